The van der Waals surface area contributed by atoms with Crippen molar-refractivity contribution in [3.05, 3.63) is 23.8 Å². The highest BCUT2D eigenvalue weighted by Gasteiger charge is 2.11. The van der Waals surface area contributed by atoms with Gasteiger partial charge in [0.05, 0.1) is 11.3 Å². The number of benzene rings is 1. The number of nitrogens with one attached hydrogen (secondary N) is 1. The summed E-state index contributed by atoms with van der Waals surface area (Å²) in [5.74, 6) is 0.253. The van der Waals surface area contributed by atoms with Crippen molar-refractivity contribution in [2.75, 3.05) is 30.5 Å². The Morgan fingerprint density at radius 3 is 2.67 bits per heavy atom. The lowest BCUT2D eigenvalue weighted by Gasteiger charge is -2.08. The SMILES string of the molecule is CNC(=O)c1ccc(N)cc1SCCS(C)(=O)=O. The number of hydrogen-bond donors (Lipinski definition) is 2. The summed E-state index contributed by atoms with van der Waals surface area (Å²) in [5.41, 5.74) is 6.71. The number of thioether (sulfide) groups is 1. The molecule has 0 aromatic heterocycles. The number of rotatable bonds is 5. The molecular formula is C11H16N2O3S2. The maximum Gasteiger partial charge on any atom is 0.252 e. The van der Waals surface area contributed by atoms with Gasteiger partial charge in [0.25, 0.3) is 5.91 Å². The van der Waals surface area contributed by atoms with Gasteiger partial charge in [-0.3, -0.25) is 4.79 Å². The lowest BCUT2D eigenvalue weighted by molar-refractivity contribution is 0.0960. The second-order valence-electron chi connectivity index (χ2n) is 3.81. The molecule has 0 atom stereocenters. The Morgan fingerprint density at radius 2 is 2.11 bits per heavy atom. The quantitative estimate of drug-likeness (QED) is 0.617. The minimum Gasteiger partial charge on any atom is -0.399 e. The number of hydrogen-bond acceptors (Lipinski definition) is 5. The van der Waals surface area contributed by atoms with Gasteiger partial charge in [-0.1, -0.05) is 0 Å². The standard InChI is InChI=1S/C11H16N2O3S2/c1-13-11(14)9-4-3-8(12)7-10(9)17-5-6-18(2,15)16/h3-4,7H,5-6,12H2,1-2H3,(H,13,14). The van der Waals surface area contributed by atoms with E-state index < -0.39 is 9.84 Å². The monoisotopic (exact) mass is 288 g/mol. The summed E-state index contributed by atoms with van der Waals surface area (Å²) < 4.78 is 22.1. The van der Waals surface area contributed by atoms with Gasteiger partial charge in [0.1, 0.15) is 9.84 Å². The number of anilines is 1. The summed E-state index contributed by atoms with van der Waals surface area (Å²) in [6, 6.07) is 4.96. The third kappa shape index (κ3) is 4.58. The summed E-state index contributed by atoms with van der Waals surface area (Å²) in [6.07, 6.45) is 1.19. The molecule has 100 valence electrons. The van der Waals surface area contributed by atoms with Crippen molar-refractivity contribution >= 4 is 33.2 Å². The molecule has 0 fully saturated rings. The molecule has 0 saturated carbocycles. The molecule has 0 spiro atoms. The van der Waals surface area contributed by atoms with Crippen LogP contribution in [0, 0.1) is 0 Å². The van der Waals surface area contributed by atoms with Crippen LogP contribution in [0.3, 0.4) is 0 Å². The van der Waals surface area contributed by atoms with Crippen molar-refractivity contribution in [1.29, 1.82) is 0 Å². The zero-order chi connectivity index (χ0) is 13.8. The molecule has 5 nitrogen and oxygen atoms in total. The van der Waals surface area contributed by atoms with Crippen LogP contribution in [0.15, 0.2) is 23.1 Å². The van der Waals surface area contributed by atoms with E-state index in [2.05, 4.69) is 5.32 Å². The fourth-order valence-corrected chi connectivity index (χ4v) is 3.58. The molecule has 0 saturated heterocycles. The van der Waals surface area contributed by atoms with Crippen LogP contribution in [-0.4, -0.2) is 39.1 Å². The highest BCUT2D eigenvalue weighted by atomic mass is 32.2. The third-order valence-corrected chi connectivity index (χ3v) is 4.45. The molecule has 0 bridgehead atoms. The van der Waals surface area contributed by atoms with E-state index in [0.717, 1.165) is 0 Å². The van der Waals surface area contributed by atoms with E-state index in [1.165, 1.54) is 18.0 Å². The molecule has 1 aromatic carbocycles. The molecule has 0 heterocycles. The molecule has 0 aliphatic rings. The van der Waals surface area contributed by atoms with Crippen LogP contribution < -0.4 is 11.1 Å². The Hall–Kier alpha value is -1.21. The smallest absolute Gasteiger partial charge is 0.252 e. The molecule has 1 rings (SSSR count). The number of amides is 1. The fraction of sp³-hybridized carbons (Fsp3) is 0.364. The predicted octanol–water partition coefficient (Wildman–Crippen LogP) is 0.765. The normalized spacial score (nSPS) is 11.2. The predicted molar refractivity (Wildman–Crippen MR) is 74.7 cm³/mol. The second kappa shape index (κ2) is 6.10. The molecule has 0 radical (unpaired) electrons. The minimum atomic E-state index is -3.00. The van der Waals surface area contributed by atoms with Crippen molar-refractivity contribution in [1.82, 2.24) is 5.32 Å². The average Bonchev–Trinajstić information content (AvgIpc) is 2.26. The number of nitrogen functional groups attached to an aromatic ring is 1. The van der Waals surface area contributed by atoms with Crippen LogP contribution >= 0.6 is 11.8 Å². The number of sulfone groups is 1. The molecular weight excluding hydrogens is 272 g/mol. The van der Waals surface area contributed by atoms with Gasteiger partial charge in [-0.2, -0.15) is 0 Å². The van der Waals surface area contributed by atoms with E-state index in [0.29, 0.717) is 21.9 Å². The topological polar surface area (TPSA) is 89.3 Å². The highest BCUT2D eigenvalue weighted by Crippen LogP contribution is 2.25. The Bertz CT molecular complexity index is 541. The van der Waals surface area contributed by atoms with Gasteiger partial charge in [0.15, 0.2) is 0 Å². The number of nitrogens with two attached hydrogens (primary N) is 1. The second-order valence-corrected chi connectivity index (χ2v) is 7.21. The van der Waals surface area contributed by atoms with Gasteiger partial charge in [0, 0.05) is 29.6 Å². The number of carbonyl (C=O) groups is 1. The maximum atomic E-state index is 11.6. The summed E-state index contributed by atoms with van der Waals surface area (Å²) >= 11 is 1.31. The van der Waals surface area contributed by atoms with Gasteiger partial charge in [-0.15, -0.1) is 11.8 Å². The molecule has 0 aliphatic carbocycles. The third-order valence-electron chi connectivity index (χ3n) is 2.19. The lowest BCUT2D eigenvalue weighted by Crippen LogP contribution is -2.18. The minimum absolute atomic E-state index is 0.0691. The Morgan fingerprint density at radius 1 is 1.44 bits per heavy atom. The summed E-state index contributed by atoms with van der Waals surface area (Å²) in [5, 5.41) is 2.54. The maximum absolute atomic E-state index is 11.6. The van der Waals surface area contributed by atoms with Gasteiger partial charge < -0.3 is 11.1 Å². The van der Waals surface area contributed by atoms with Crippen LogP contribution in [0.5, 0.6) is 0 Å². The highest BCUT2D eigenvalue weighted by molar-refractivity contribution is 8.00. The van der Waals surface area contributed by atoms with E-state index in [9.17, 15) is 13.2 Å². The van der Waals surface area contributed by atoms with Crippen LogP contribution in [0.1, 0.15) is 10.4 Å². The fourth-order valence-electron chi connectivity index (χ4n) is 1.28. The molecule has 7 heteroatoms. The van der Waals surface area contributed by atoms with Crippen LogP contribution in [-0.2, 0) is 9.84 Å². The molecule has 0 unspecified atom stereocenters. The van der Waals surface area contributed by atoms with Crippen molar-refractivity contribution < 1.29 is 13.2 Å². The van der Waals surface area contributed by atoms with E-state index in [4.69, 9.17) is 5.73 Å². The lowest BCUT2D eigenvalue weighted by atomic mass is 10.2. The first-order chi connectivity index (χ1) is 8.33. The van der Waals surface area contributed by atoms with E-state index in [-0.39, 0.29) is 11.7 Å². The first-order valence-electron chi connectivity index (χ1n) is 5.25. The van der Waals surface area contributed by atoms with Crippen molar-refractivity contribution in [2.45, 2.75) is 4.90 Å². The van der Waals surface area contributed by atoms with Crippen LogP contribution in [0.2, 0.25) is 0 Å². The molecule has 18 heavy (non-hydrogen) atoms. The molecule has 0 aliphatic heterocycles. The molecule has 1 amide bonds. The Kier molecular flexibility index (Phi) is 5.03. The summed E-state index contributed by atoms with van der Waals surface area (Å²) in [4.78, 5) is 12.3. The van der Waals surface area contributed by atoms with Gasteiger partial charge in [-0.05, 0) is 18.2 Å². The first-order valence-corrected chi connectivity index (χ1v) is 8.30. The van der Waals surface area contributed by atoms with Gasteiger partial charge in [-0.25, -0.2) is 8.42 Å². The Labute approximate surface area is 111 Å². The Balaban J connectivity index is 2.86. The largest absolute Gasteiger partial charge is 0.399 e. The van der Waals surface area contributed by atoms with E-state index in [1.807, 2.05) is 0 Å². The van der Waals surface area contributed by atoms with Crippen molar-refractivity contribution in [2.24, 2.45) is 0 Å². The average molecular weight is 288 g/mol. The van der Waals surface area contributed by atoms with E-state index >= 15 is 0 Å². The summed E-state index contributed by atoms with van der Waals surface area (Å²) in [7, 11) is -1.45. The molecule has 1 aromatic rings. The van der Waals surface area contributed by atoms with Crippen LogP contribution in [0.4, 0.5) is 5.69 Å². The van der Waals surface area contributed by atoms with E-state index in [1.54, 1.807) is 25.2 Å². The van der Waals surface area contributed by atoms with Crippen molar-refractivity contribution in [3.63, 3.8) is 0 Å². The number of carbonyl (C=O) groups excluding carboxylic acids is 1. The van der Waals surface area contributed by atoms with Gasteiger partial charge in [0.2, 0.25) is 0 Å². The summed E-state index contributed by atoms with van der Waals surface area (Å²) in [6.45, 7) is 0. The zero-order valence-corrected chi connectivity index (χ0v) is 11.9. The molecule has 3 N–H and O–H groups in total. The van der Waals surface area contributed by atoms with Crippen LogP contribution in [0.25, 0.3) is 0 Å². The van der Waals surface area contributed by atoms with Crippen molar-refractivity contribution in [3.8, 4) is 0 Å². The first kappa shape index (κ1) is 14.8. The zero-order valence-electron chi connectivity index (χ0n) is 10.3. The van der Waals surface area contributed by atoms with Gasteiger partial charge >= 0.3 is 0 Å².